The second-order valence-corrected chi connectivity index (χ2v) is 10.4. The van der Waals surface area contributed by atoms with Gasteiger partial charge < -0.3 is 0 Å². The molecule has 0 aliphatic rings. The molecule has 134 valence electrons. The number of carbonyl (C=O) groups excluding carboxylic acids is 1. The number of aliphatic hydroxyl groups is 1. The Bertz CT molecular complexity index is 720. The number of rotatable bonds is 8. The molecule has 3 aromatic carbocycles. The van der Waals surface area contributed by atoms with Crippen LogP contribution in [-0.2, 0) is 4.79 Å². The molecule has 0 heterocycles. The van der Waals surface area contributed by atoms with E-state index in [-0.39, 0.29) is 12.4 Å². The fraction of sp³-hybridized carbons (Fsp3) is 0.174. The van der Waals surface area contributed by atoms with Crippen molar-refractivity contribution in [1.82, 2.24) is 0 Å². The van der Waals surface area contributed by atoms with Gasteiger partial charge >= 0.3 is 155 Å². The summed E-state index contributed by atoms with van der Waals surface area (Å²) in [7, 11) is -2.47. The summed E-state index contributed by atoms with van der Waals surface area (Å²) in [6.07, 6.45) is 1.48. The quantitative estimate of drug-likeness (QED) is 0.624. The van der Waals surface area contributed by atoms with Gasteiger partial charge in [-0.05, 0) is 0 Å². The monoisotopic (exact) mass is 364 g/mol. The number of ketones is 1. The summed E-state index contributed by atoms with van der Waals surface area (Å²) in [5, 5.41) is 12.9. The molecule has 3 heteroatoms. The Kier molecular flexibility index (Phi) is 6.33. The molecular weight excluding hydrogens is 339 g/mol. The van der Waals surface area contributed by atoms with Crippen LogP contribution < -0.4 is 15.9 Å². The van der Waals surface area contributed by atoms with Crippen molar-refractivity contribution < 1.29 is 9.90 Å². The van der Waals surface area contributed by atoms with Crippen molar-refractivity contribution in [3.05, 3.63) is 91.0 Å². The van der Waals surface area contributed by atoms with E-state index in [0.29, 0.717) is 19.0 Å². The fourth-order valence-electron chi connectivity index (χ4n) is 3.63. The van der Waals surface area contributed by atoms with Crippen LogP contribution in [0.3, 0.4) is 0 Å². The summed E-state index contributed by atoms with van der Waals surface area (Å²) in [6.45, 7) is 0.0578. The molecule has 0 saturated carbocycles. The number of carbonyl (C=O) groups is 1. The van der Waals surface area contributed by atoms with Gasteiger partial charge in [0.1, 0.15) is 0 Å². The first kappa shape index (κ1) is 18.5. The zero-order chi connectivity index (χ0) is 18.2. The molecule has 2 nitrogen and oxygen atoms in total. The second-order valence-electron chi connectivity index (χ2n) is 6.55. The molecule has 26 heavy (non-hydrogen) atoms. The maximum atomic E-state index is 12.9. The van der Waals surface area contributed by atoms with Crippen LogP contribution in [0.5, 0.6) is 0 Å². The number of aliphatic hydroxyl groups excluding tert-OH is 1. The first-order valence-electron chi connectivity index (χ1n) is 9.06. The molecule has 0 aliphatic heterocycles. The van der Waals surface area contributed by atoms with Crippen molar-refractivity contribution >= 4 is 29.0 Å². The number of hydrogen-bond acceptors (Lipinski definition) is 2. The maximum absolute atomic E-state index is 12.9. The van der Waals surface area contributed by atoms with E-state index < -0.39 is 7.26 Å². The van der Waals surface area contributed by atoms with Gasteiger partial charge in [-0.1, -0.05) is 0 Å². The van der Waals surface area contributed by atoms with Crippen LogP contribution in [0.15, 0.2) is 91.0 Å². The van der Waals surface area contributed by atoms with Gasteiger partial charge in [0, 0.05) is 0 Å². The van der Waals surface area contributed by atoms with Gasteiger partial charge in [0.2, 0.25) is 0 Å². The van der Waals surface area contributed by atoms with Gasteiger partial charge in [-0.25, -0.2) is 0 Å². The van der Waals surface area contributed by atoms with Crippen LogP contribution in [0.1, 0.15) is 12.8 Å². The predicted octanol–water partition coefficient (Wildman–Crippen LogP) is 3.05. The van der Waals surface area contributed by atoms with Gasteiger partial charge in [0.15, 0.2) is 0 Å². The van der Waals surface area contributed by atoms with Gasteiger partial charge in [-0.3, -0.25) is 0 Å². The summed E-state index contributed by atoms with van der Waals surface area (Å²) in [6, 6.07) is 31.4. The number of benzene rings is 3. The summed E-state index contributed by atoms with van der Waals surface area (Å²) in [5.74, 6) is 0.224. The predicted molar refractivity (Wildman–Crippen MR) is 113 cm³/mol. The van der Waals surface area contributed by atoms with Crippen molar-refractivity contribution in [3.63, 3.8) is 0 Å². The molecule has 0 amide bonds. The van der Waals surface area contributed by atoms with Crippen LogP contribution in [0.2, 0.25) is 0 Å². The molecule has 0 aromatic heterocycles. The van der Waals surface area contributed by atoms with Crippen molar-refractivity contribution in [2.75, 3.05) is 12.8 Å². The third-order valence-corrected chi connectivity index (χ3v) is 9.76. The molecule has 0 spiro atoms. The van der Waals surface area contributed by atoms with Gasteiger partial charge in [-0.2, -0.15) is 0 Å². The van der Waals surface area contributed by atoms with E-state index in [4.69, 9.17) is 5.11 Å². The molecule has 0 fully saturated rings. The van der Waals surface area contributed by atoms with Crippen LogP contribution in [0.4, 0.5) is 0 Å². The Balaban J connectivity index is 2.19. The minimum atomic E-state index is -2.47. The average molecular weight is 364 g/mol. The van der Waals surface area contributed by atoms with Crippen molar-refractivity contribution in [3.8, 4) is 0 Å². The van der Waals surface area contributed by atoms with Gasteiger partial charge in [0.25, 0.3) is 0 Å². The second kappa shape index (κ2) is 8.89. The Morgan fingerprint density at radius 3 is 1.42 bits per heavy atom. The fourth-order valence-corrected chi connectivity index (χ4v) is 8.30. The van der Waals surface area contributed by atoms with E-state index in [0.717, 1.165) is 0 Å². The Hall–Kier alpha value is -2.28. The van der Waals surface area contributed by atoms with Crippen molar-refractivity contribution in [1.29, 1.82) is 0 Å². The number of Topliss-reactive ketones (excluding diaryl/α,β-unsaturated/α-hetero) is 1. The van der Waals surface area contributed by atoms with E-state index in [1.165, 1.54) is 15.9 Å². The van der Waals surface area contributed by atoms with E-state index >= 15 is 0 Å². The number of hydrogen-bond donors (Lipinski definition) is 1. The Morgan fingerprint density at radius 1 is 0.692 bits per heavy atom. The van der Waals surface area contributed by atoms with Gasteiger partial charge in [0.05, 0.1) is 0 Å². The van der Waals surface area contributed by atoms with Crippen molar-refractivity contribution in [2.45, 2.75) is 12.8 Å². The minimum absolute atomic E-state index is 0.0578. The first-order valence-corrected chi connectivity index (χ1v) is 11.3. The van der Waals surface area contributed by atoms with Crippen molar-refractivity contribution in [2.24, 2.45) is 0 Å². The molecule has 3 aromatic rings. The molecule has 1 N–H and O–H groups in total. The standard InChI is InChI=1S/C23H25O2P/c24-18-10-11-20(25)19-26(21-12-4-1-5-13-21,22-14-6-2-7-15-22)23-16-8-3-9-17-23/h1-9,12-17,24,26H,10-11,18-19H2. The van der Waals surface area contributed by atoms with Crippen LogP contribution in [0.25, 0.3) is 0 Å². The first-order chi connectivity index (χ1) is 12.8. The third-order valence-electron chi connectivity index (χ3n) is 4.88. The summed E-state index contributed by atoms with van der Waals surface area (Å²) < 4.78 is 0. The molecule has 0 aliphatic carbocycles. The topological polar surface area (TPSA) is 37.3 Å². The normalized spacial score (nSPS) is 11.9. The molecule has 0 saturated heterocycles. The van der Waals surface area contributed by atoms with E-state index in [9.17, 15) is 4.79 Å². The molecule has 0 radical (unpaired) electrons. The average Bonchev–Trinajstić information content (AvgIpc) is 2.72. The summed E-state index contributed by atoms with van der Waals surface area (Å²) in [5.41, 5.74) is 0. The molecular formula is C23H25O2P. The molecule has 0 atom stereocenters. The zero-order valence-electron chi connectivity index (χ0n) is 14.8. The van der Waals surface area contributed by atoms with E-state index in [2.05, 4.69) is 72.8 Å². The molecule has 0 bridgehead atoms. The zero-order valence-corrected chi connectivity index (χ0v) is 15.8. The van der Waals surface area contributed by atoms with Crippen LogP contribution >= 0.6 is 7.26 Å². The summed E-state index contributed by atoms with van der Waals surface area (Å²) >= 11 is 0. The third kappa shape index (κ3) is 3.93. The Morgan fingerprint density at radius 2 is 1.08 bits per heavy atom. The van der Waals surface area contributed by atoms with Crippen LogP contribution in [-0.4, -0.2) is 23.7 Å². The summed E-state index contributed by atoms with van der Waals surface area (Å²) in [4.78, 5) is 12.9. The van der Waals surface area contributed by atoms with E-state index in [1.807, 2.05) is 18.2 Å². The van der Waals surface area contributed by atoms with Gasteiger partial charge in [-0.15, -0.1) is 0 Å². The molecule has 0 unspecified atom stereocenters. The molecule has 3 rings (SSSR count). The van der Waals surface area contributed by atoms with E-state index in [1.54, 1.807) is 0 Å². The Labute approximate surface area is 155 Å². The SMILES string of the molecule is O=C(CCCO)C[PH](c1ccccc1)(c1ccccc1)c1ccccc1. The van der Waals surface area contributed by atoms with Crippen LogP contribution in [0, 0.1) is 0 Å².